The van der Waals surface area contributed by atoms with Crippen molar-refractivity contribution in [2.45, 2.75) is 13.5 Å². The first-order valence-electron chi connectivity index (χ1n) is 8.01. The number of nitrogens with zero attached hydrogens (tertiary/aromatic N) is 2. The molecule has 0 saturated carbocycles. The Morgan fingerprint density at radius 2 is 1.73 bits per heavy atom. The van der Waals surface area contributed by atoms with E-state index in [1.807, 2.05) is 31.2 Å². The highest BCUT2D eigenvalue weighted by molar-refractivity contribution is 5.99. The summed E-state index contributed by atoms with van der Waals surface area (Å²) < 4.78 is 15.7. The number of benzene rings is 2. The molecule has 0 bridgehead atoms. The number of methoxy groups -OCH3 is 2. The summed E-state index contributed by atoms with van der Waals surface area (Å²) in [6.07, 6.45) is 0. The van der Waals surface area contributed by atoms with Crippen LogP contribution in [0.5, 0.6) is 11.5 Å². The number of rotatable bonds is 6. The van der Waals surface area contributed by atoms with Crippen LogP contribution in [-0.2, 0) is 6.54 Å². The van der Waals surface area contributed by atoms with Gasteiger partial charge in [-0.25, -0.2) is 0 Å². The van der Waals surface area contributed by atoms with E-state index in [2.05, 4.69) is 15.5 Å². The third kappa shape index (κ3) is 3.66. The SMILES string of the molecule is COc1cccc(OC)c1C(=O)NCc1nc(-c2ccc(C)cc2)no1. The largest absolute Gasteiger partial charge is 0.496 e. The van der Waals surface area contributed by atoms with Crippen molar-refractivity contribution in [1.82, 2.24) is 15.5 Å². The first-order valence-corrected chi connectivity index (χ1v) is 8.01. The van der Waals surface area contributed by atoms with Crippen molar-refractivity contribution in [1.29, 1.82) is 0 Å². The number of aryl methyl sites for hydroxylation is 1. The van der Waals surface area contributed by atoms with E-state index in [1.165, 1.54) is 14.2 Å². The molecule has 0 saturated heterocycles. The number of carbonyl (C=O) groups is 1. The zero-order valence-electron chi connectivity index (χ0n) is 14.8. The molecular weight excluding hydrogens is 334 g/mol. The Labute approximate surface area is 150 Å². The summed E-state index contributed by atoms with van der Waals surface area (Å²) in [6, 6.07) is 12.9. The predicted molar refractivity (Wildman–Crippen MR) is 95.2 cm³/mol. The molecular formula is C19H19N3O4. The number of hydrogen-bond acceptors (Lipinski definition) is 6. The molecule has 26 heavy (non-hydrogen) atoms. The molecule has 3 rings (SSSR count). The molecule has 7 nitrogen and oxygen atoms in total. The van der Waals surface area contributed by atoms with Gasteiger partial charge < -0.3 is 19.3 Å². The van der Waals surface area contributed by atoms with Gasteiger partial charge in [-0.1, -0.05) is 41.1 Å². The Morgan fingerprint density at radius 1 is 1.08 bits per heavy atom. The predicted octanol–water partition coefficient (Wildman–Crippen LogP) is 2.99. The monoisotopic (exact) mass is 353 g/mol. The van der Waals surface area contributed by atoms with E-state index >= 15 is 0 Å². The van der Waals surface area contributed by atoms with Gasteiger partial charge in [0.25, 0.3) is 5.91 Å². The van der Waals surface area contributed by atoms with E-state index in [9.17, 15) is 4.79 Å². The van der Waals surface area contributed by atoms with Gasteiger partial charge in [0, 0.05) is 5.56 Å². The number of aromatic nitrogens is 2. The maximum Gasteiger partial charge on any atom is 0.259 e. The van der Waals surface area contributed by atoms with Crippen LogP contribution < -0.4 is 14.8 Å². The molecule has 0 aliphatic carbocycles. The Hall–Kier alpha value is -3.35. The fraction of sp³-hybridized carbons (Fsp3) is 0.211. The van der Waals surface area contributed by atoms with Gasteiger partial charge >= 0.3 is 0 Å². The van der Waals surface area contributed by atoms with Crippen LogP contribution in [0.2, 0.25) is 0 Å². The van der Waals surface area contributed by atoms with Gasteiger partial charge in [0.2, 0.25) is 11.7 Å². The van der Waals surface area contributed by atoms with Crippen LogP contribution in [-0.4, -0.2) is 30.3 Å². The van der Waals surface area contributed by atoms with E-state index in [0.29, 0.717) is 28.8 Å². The van der Waals surface area contributed by atoms with Crippen molar-refractivity contribution in [2.75, 3.05) is 14.2 Å². The molecule has 3 aromatic rings. The molecule has 1 amide bonds. The summed E-state index contributed by atoms with van der Waals surface area (Å²) in [5.74, 6) is 1.28. The number of amides is 1. The van der Waals surface area contributed by atoms with Crippen molar-refractivity contribution in [2.24, 2.45) is 0 Å². The van der Waals surface area contributed by atoms with Gasteiger partial charge in [0.15, 0.2) is 0 Å². The molecule has 0 spiro atoms. The minimum Gasteiger partial charge on any atom is -0.496 e. The molecule has 1 heterocycles. The topological polar surface area (TPSA) is 86.5 Å². The maximum absolute atomic E-state index is 12.5. The second kappa shape index (κ2) is 7.69. The number of carbonyl (C=O) groups excluding carboxylic acids is 1. The average Bonchev–Trinajstić information content (AvgIpc) is 3.15. The van der Waals surface area contributed by atoms with E-state index in [-0.39, 0.29) is 12.5 Å². The van der Waals surface area contributed by atoms with Crippen molar-refractivity contribution < 1.29 is 18.8 Å². The average molecular weight is 353 g/mol. The molecule has 0 fully saturated rings. The summed E-state index contributed by atoms with van der Waals surface area (Å²) >= 11 is 0. The third-order valence-electron chi connectivity index (χ3n) is 3.83. The summed E-state index contributed by atoms with van der Waals surface area (Å²) in [5.41, 5.74) is 2.31. The summed E-state index contributed by atoms with van der Waals surface area (Å²) in [6.45, 7) is 2.10. The minimum absolute atomic E-state index is 0.0961. The molecule has 0 atom stereocenters. The smallest absolute Gasteiger partial charge is 0.259 e. The van der Waals surface area contributed by atoms with Crippen LogP contribution in [0.25, 0.3) is 11.4 Å². The van der Waals surface area contributed by atoms with Gasteiger partial charge in [-0.2, -0.15) is 4.98 Å². The van der Waals surface area contributed by atoms with Crippen LogP contribution in [0.4, 0.5) is 0 Å². The summed E-state index contributed by atoms with van der Waals surface area (Å²) in [7, 11) is 2.99. The number of hydrogen-bond donors (Lipinski definition) is 1. The normalized spacial score (nSPS) is 10.4. The molecule has 0 radical (unpaired) electrons. The summed E-state index contributed by atoms with van der Waals surface area (Å²) in [4.78, 5) is 16.8. The lowest BCUT2D eigenvalue weighted by molar-refractivity contribution is 0.0940. The van der Waals surface area contributed by atoms with Crippen LogP contribution in [0, 0.1) is 6.92 Å². The van der Waals surface area contributed by atoms with Crippen LogP contribution in [0.15, 0.2) is 47.0 Å². The van der Waals surface area contributed by atoms with Crippen LogP contribution in [0.3, 0.4) is 0 Å². The van der Waals surface area contributed by atoms with Crippen molar-refractivity contribution >= 4 is 5.91 Å². The second-order valence-corrected chi connectivity index (χ2v) is 5.60. The van der Waals surface area contributed by atoms with Crippen molar-refractivity contribution in [3.63, 3.8) is 0 Å². The first-order chi connectivity index (χ1) is 12.6. The van der Waals surface area contributed by atoms with Gasteiger partial charge in [-0.3, -0.25) is 4.79 Å². The molecule has 0 aliphatic rings. The molecule has 0 aliphatic heterocycles. The Balaban J connectivity index is 1.72. The quantitative estimate of drug-likeness (QED) is 0.733. The lowest BCUT2D eigenvalue weighted by atomic mass is 10.1. The van der Waals surface area contributed by atoms with Crippen LogP contribution >= 0.6 is 0 Å². The fourth-order valence-electron chi connectivity index (χ4n) is 2.47. The molecule has 1 N–H and O–H groups in total. The summed E-state index contributed by atoms with van der Waals surface area (Å²) in [5, 5.41) is 6.69. The van der Waals surface area contributed by atoms with Crippen molar-refractivity contribution in [3.05, 3.63) is 59.5 Å². The van der Waals surface area contributed by atoms with E-state index in [0.717, 1.165) is 11.1 Å². The van der Waals surface area contributed by atoms with Gasteiger partial charge in [-0.05, 0) is 19.1 Å². The standard InChI is InChI=1S/C19H19N3O4/c1-12-7-9-13(10-8-12)18-21-16(26-22-18)11-20-19(23)17-14(24-2)5-4-6-15(17)25-3/h4-10H,11H2,1-3H3,(H,20,23). The minimum atomic E-state index is -0.352. The zero-order chi connectivity index (χ0) is 18.5. The lowest BCUT2D eigenvalue weighted by Gasteiger charge is -2.12. The van der Waals surface area contributed by atoms with E-state index in [4.69, 9.17) is 14.0 Å². The lowest BCUT2D eigenvalue weighted by Crippen LogP contribution is -2.24. The third-order valence-corrected chi connectivity index (χ3v) is 3.83. The highest BCUT2D eigenvalue weighted by atomic mass is 16.5. The highest BCUT2D eigenvalue weighted by Gasteiger charge is 2.19. The molecule has 2 aromatic carbocycles. The fourth-order valence-corrected chi connectivity index (χ4v) is 2.47. The molecule has 134 valence electrons. The highest BCUT2D eigenvalue weighted by Crippen LogP contribution is 2.28. The molecule has 7 heteroatoms. The van der Waals surface area contributed by atoms with Gasteiger partial charge in [0.1, 0.15) is 17.1 Å². The van der Waals surface area contributed by atoms with Gasteiger partial charge in [-0.15, -0.1) is 0 Å². The number of ether oxygens (including phenoxy) is 2. The Morgan fingerprint density at radius 3 is 2.35 bits per heavy atom. The van der Waals surface area contributed by atoms with E-state index in [1.54, 1.807) is 18.2 Å². The van der Waals surface area contributed by atoms with Gasteiger partial charge in [0.05, 0.1) is 20.8 Å². The van der Waals surface area contributed by atoms with Crippen LogP contribution in [0.1, 0.15) is 21.8 Å². The van der Waals surface area contributed by atoms with Crippen molar-refractivity contribution in [3.8, 4) is 22.9 Å². The Kier molecular flexibility index (Phi) is 5.17. The second-order valence-electron chi connectivity index (χ2n) is 5.60. The Bertz CT molecular complexity index is 881. The molecule has 0 unspecified atom stereocenters. The number of nitrogens with one attached hydrogen (secondary N) is 1. The first kappa shape index (κ1) is 17.5. The van der Waals surface area contributed by atoms with E-state index < -0.39 is 0 Å². The maximum atomic E-state index is 12.5. The molecule has 1 aromatic heterocycles. The zero-order valence-corrected chi connectivity index (χ0v) is 14.8.